The number of rotatable bonds is 2. The molecule has 5 rings (SSSR count). The number of nitro groups is 1. The van der Waals surface area contributed by atoms with Crippen LogP contribution in [0, 0.1) is 21.3 Å². The Balaban J connectivity index is 1.70. The summed E-state index contributed by atoms with van der Waals surface area (Å²) in [6, 6.07) is 7.41. The number of benzene rings is 2. The van der Waals surface area contributed by atoms with Crippen LogP contribution in [-0.4, -0.2) is 47.6 Å². The van der Waals surface area contributed by atoms with Gasteiger partial charge in [-0.2, -0.15) is 0 Å². The molecule has 0 radical (unpaired) electrons. The van der Waals surface area contributed by atoms with Gasteiger partial charge in [-0.1, -0.05) is 0 Å². The number of hydrogen-bond donors (Lipinski definition) is 1. The fourth-order valence-corrected chi connectivity index (χ4v) is 5.45. The Bertz CT molecular complexity index is 1230. The monoisotopic (exact) mass is 468 g/mol. The molecule has 0 saturated carbocycles. The van der Waals surface area contributed by atoms with Crippen LogP contribution in [0.15, 0.2) is 42.5 Å². The van der Waals surface area contributed by atoms with Gasteiger partial charge < -0.3 is 9.64 Å². The van der Waals surface area contributed by atoms with E-state index in [0.29, 0.717) is 17.8 Å². The molecule has 0 bridgehead atoms. The van der Waals surface area contributed by atoms with Crippen LogP contribution in [0.25, 0.3) is 0 Å². The van der Waals surface area contributed by atoms with E-state index in [1.165, 1.54) is 24.3 Å². The van der Waals surface area contributed by atoms with E-state index in [1.54, 1.807) is 13.0 Å². The molecule has 176 valence electrons. The maximum Gasteiger partial charge on any atom is 0.335 e. The van der Waals surface area contributed by atoms with E-state index < -0.39 is 46.1 Å². The van der Waals surface area contributed by atoms with Gasteiger partial charge >= 0.3 is 6.03 Å². The van der Waals surface area contributed by atoms with Crippen molar-refractivity contribution in [2.24, 2.45) is 5.41 Å². The highest BCUT2D eigenvalue weighted by atomic mass is 19.1. The lowest BCUT2D eigenvalue weighted by molar-refractivity contribution is -0.384. The van der Waals surface area contributed by atoms with Gasteiger partial charge in [0.15, 0.2) is 5.41 Å². The summed E-state index contributed by atoms with van der Waals surface area (Å²) >= 11 is 0. The van der Waals surface area contributed by atoms with Gasteiger partial charge in [-0.3, -0.25) is 25.0 Å². The summed E-state index contributed by atoms with van der Waals surface area (Å²) in [7, 11) is 0. The van der Waals surface area contributed by atoms with Crippen molar-refractivity contribution in [3.63, 3.8) is 0 Å². The van der Waals surface area contributed by atoms with Crippen LogP contribution in [0.3, 0.4) is 0 Å². The Morgan fingerprint density at radius 2 is 1.85 bits per heavy atom. The highest BCUT2D eigenvalue weighted by molar-refractivity contribution is 6.30. The molecule has 1 N–H and O–H groups in total. The molecule has 2 aromatic rings. The number of carbonyl (C=O) groups excluding carboxylic acids is 3. The van der Waals surface area contributed by atoms with Crippen molar-refractivity contribution in [1.29, 1.82) is 0 Å². The summed E-state index contributed by atoms with van der Waals surface area (Å²) in [6.45, 7) is 3.95. The Morgan fingerprint density at radius 3 is 2.53 bits per heavy atom. The molecule has 0 aromatic heterocycles. The molecule has 2 aromatic carbocycles. The Morgan fingerprint density at radius 1 is 1.15 bits per heavy atom. The van der Waals surface area contributed by atoms with Crippen LogP contribution < -0.4 is 15.1 Å². The molecular weight excluding hydrogens is 447 g/mol. The summed E-state index contributed by atoms with van der Waals surface area (Å²) in [5.41, 5.74) is -0.746. The average Bonchev–Trinajstić information content (AvgIpc) is 2.78. The van der Waals surface area contributed by atoms with Gasteiger partial charge in [0.1, 0.15) is 5.82 Å². The second-order valence-electron chi connectivity index (χ2n) is 8.84. The molecule has 4 atom stereocenters. The van der Waals surface area contributed by atoms with Gasteiger partial charge in [-0.15, -0.1) is 0 Å². The molecule has 3 heterocycles. The van der Waals surface area contributed by atoms with Crippen molar-refractivity contribution in [1.82, 2.24) is 5.32 Å². The number of fused-ring (bicyclic) bond motifs is 4. The zero-order chi connectivity index (χ0) is 24.4. The fourth-order valence-electron chi connectivity index (χ4n) is 5.45. The van der Waals surface area contributed by atoms with E-state index in [1.807, 2.05) is 11.8 Å². The molecule has 10 nitrogen and oxygen atoms in total. The van der Waals surface area contributed by atoms with E-state index in [9.17, 15) is 28.9 Å². The molecule has 0 unspecified atom stereocenters. The number of halogens is 1. The van der Waals surface area contributed by atoms with Crippen molar-refractivity contribution >= 4 is 34.9 Å². The third kappa shape index (κ3) is 3.07. The molecule has 34 heavy (non-hydrogen) atoms. The van der Waals surface area contributed by atoms with Gasteiger partial charge in [-0.05, 0) is 49.7 Å². The number of ether oxygens (including phenoxy) is 1. The first kappa shape index (κ1) is 22.0. The van der Waals surface area contributed by atoms with Gasteiger partial charge in [0.25, 0.3) is 11.6 Å². The van der Waals surface area contributed by atoms with Crippen molar-refractivity contribution in [3.8, 4) is 0 Å². The number of barbiturate groups is 1. The number of non-ortho nitro benzene ring substituents is 1. The SMILES string of the molecule is C[C@H]1CN2c3ccc([N+](=O)[O-])cc3C[C@]3(C(=O)NC(=O)N(c4ccc(F)cc4)C3=O)[C@@H]2[C@@H](C)O1. The third-order valence-corrected chi connectivity index (χ3v) is 6.74. The number of amides is 4. The summed E-state index contributed by atoms with van der Waals surface area (Å²) in [5, 5.41) is 13.7. The first-order valence-corrected chi connectivity index (χ1v) is 10.8. The molecule has 2 fully saturated rings. The first-order valence-electron chi connectivity index (χ1n) is 10.8. The Labute approximate surface area is 193 Å². The number of nitrogens with one attached hydrogen (secondary N) is 1. The number of urea groups is 1. The quantitative estimate of drug-likeness (QED) is 0.408. The number of nitro benzene ring substituents is 1. The highest BCUT2D eigenvalue weighted by Gasteiger charge is 2.65. The van der Waals surface area contributed by atoms with Crippen molar-refractivity contribution < 1.29 is 28.4 Å². The zero-order valence-electron chi connectivity index (χ0n) is 18.4. The molecular formula is C23H21FN4O6. The minimum atomic E-state index is -1.80. The molecule has 2 saturated heterocycles. The lowest BCUT2D eigenvalue weighted by Crippen LogP contribution is -2.76. The number of anilines is 2. The minimum absolute atomic E-state index is 0.102. The van der Waals surface area contributed by atoms with Crippen LogP contribution in [0.5, 0.6) is 0 Å². The maximum atomic E-state index is 14.1. The normalized spacial score (nSPS) is 28.4. The van der Waals surface area contributed by atoms with Crippen LogP contribution in [-0.2, 0) is 20.7 Å². The summed E-state index contributed by atoms with van der Waals surface area (Å²) in [6.07, 6.45) is -0.978. The highest BCUT2D eigenvalue weighted by Crippen LogP contribution is 2.48. The van der Waals surface area contributed by atoms with Crippen LogP contribution in [0.4, 0.5) is 26.2 Å². The third-order valence-electron chi connectivity index (χ3n) is 6.74. The van der Waals surface area contributed by atoms with Crippen LogP contribution in [0.2, 0.25) is 0 Å². The minimum Gasteiger partial charge on any atom is -0.372 e. The molecule has 11 heteroatoms. The second-order valence-corrected chi connectivity index (χ2v) is 8.84. The first-order chi connectivity index (χ1) is 16.1. The number of carbonyl (C=O) groups is 3. The zero-order valence-corrected chi connectivity index (χ0v) is 18.4. The van der Waals surface area contributed by atoms with Crippen LogP contribution in [0.1, 0.15) is 19.4 Å². The van der Waals surface area contributed by atoms with Crippen molar-refractivity contribution in [2.45, 2.75) is 38.5 Å². The molecule has 4 amide bonds. The lowest BCUT2D eigenvalue weighted by atomic mass is 9.66. The smallest absolute Gasteiger partial charge is 0.335 e. The predicted molar refractivity (Wildman–Crippen MR) is 118 cm³/mol. The number of hydrogen-bond acceptors (Lipinski definition) is 7. The van der Waals surface area contributed by atoms with E-state index in [0.717, 1.165) is 17.0 Å². The predicted octanol–water partition coefficient (Wildman–Crippen LogP) is 2.54. The number of nitrogens with zero attached hydrogens (tertiary/aromatic N) is 3. The maximum absolute atomic E-state index is 14.1. The molecule has 3 aliphatic heterocycles. The summed E-state index contributed by atoms with van der Waals surface area (Å²) in [4.78, 5) is 53.9. The fraction of sp³-hybridized carbons (Fsp3) is 0.348. The molecule has 1 spiro atoms. The second kappa shape index (κ2) is 7.59. The largest absolute Gasteiger partial charge is 0.372 e. The molecule has 0 aliphatic carbocycles. The van der Waals surface area contributed by atoms with Gasteiger partial charge in [0.2, 0.25) is 5.91 Å². The van der Waals surface area contributed by atoms with E-state index in [-0.39, 0.29) is 23.9 Å². The van der Waals surface area contributed by atoms with Crippen molar-refractivity contribution in [3.05, 3.63) is 64.0 Å². The Hall–Kier alpha value is -3.86. The van der Waals surface area contributed by atoms with Crippen molar-refractivity contribution in [2.75, 3.05) is 16.3 Å². The Kier molecular flexibility index (Phi) is 4.90. The standard InChI is InChI=1S/C23H21FN4O6/c1-12-11-26-18-8-7-17(28(32)33)9-14(18)10-23(19(26)13(2)34-12)20(29)25-22(31)27(21(23)30)16-5-3-15(24)4-6-16/h3-9,12-13,19H,10-11H2,1-2H3,(H,25,29,31)/t12-,13+,19-,23+/m0/s1. The van der Waals surface area contributed by atoms with Gasteiger partial charge in [0, 0.05) is 30.8 Å². The number of morpholine rings is 1. The molecule has 3 aliphatic rings. The van der Waals surface area contributed by atoms with Gasteiger partial charge in [-0.25, -0.2) is 14.1 Å². The van der Waals surface area contributed by atoms with E-state index >= 15 is 0 Å². The summed E-state index contributed by atoms with van der Waals surface area (Å²) in [5.74, 6) is -2.13. The average molecular weight is 468 g/mol. The lowest BCUT2D eigenvalue weighted by Gasteiger charge is -2.56. The van der Waals surface area contributed by atoms with Crippen LogP contribution >= 0.6 is 0 Å². The summed E-state index contributed by atoms with van der Waals surface area (Å²) < 4.78 is 19.5. The van der Waals surface area contributed by atoms with E-state index in [2.05, 4.69) is 5.32 Å². The van der Waals surface area contributed by atoms with Gasteiger partial charge in [0.05, 0.1) is 28.9 Å². The number of imide groups is 2. The van der Waals surface area contributed by atoms with E-state index in [4.69, 9.17) is 4.74 Å². The topological polar surface area (TPSA) is 122 Å².